The van der Waals surface area contributed by atoms with Crippen LogP contribution in [0.2, 0.25) is 0 Å². The summed E-state index contributed by atoms with van der Waals surface area (Å²) in [7, 11) is 1.85. The molecule has 0 spiro atoms. The van der Waals surface area contributed by atoms with Crippen LogP contribution in [0, 0.1) is 13.8 Å². The molecule has 304 valence electrons. The van der Waals surface area contributed by atoms with Crippen molar-refractivity contribution in [3.8, 4) is 0 Å². The molecule has 0 bridgehead atoms. The molecule has 1 unspecified atom stereocenters. The fourth-order valence-electron chi connectivity index (χ4n) is 7.69. The summed E-state index contributed by atoms with van der Waals surface area (Å²) in [6, 6.07) is 16.1. The van der Waals surface area contributed by atoms with Crippen molar-refractivity contribution in [3.05, 3.63) is 94.2 Å². The molecule has 0 aliphatic carbocycles. The van der Waals surface area contributed by atoms with Crippen LogP contribution in [0.25, 0.3) is 11.0 Å². The van der Waals surface area contributed by atoms with Gasteiger partial charge in [0.15, 0.2) is 11.5 Å². The van der Waals surface area contributed by atoms with Crippen LogP contribution in [-0.4, -0.2) is 105 Å². The van der Waals surface area contributed by atoms with Gasteiger partial charge >= 0.3 is 0 Å². The zero-order valence-corrected chi connectivity index (χ0v) is 33.0. The third-order valence-electron chi connectivity index (χ3n) is 10.8. The van der Waals surface area contributed by atoms with E-state index in [1.807, 2.05) is 25.2 Å². The second-order valence-corrected chi connectivity index (χ2v) is 14.7. The number of anilines is 5. The Bertz CT molecular complexity index is 2480. The first kappa shape index (κ1) is 39.1. The van der Waals surface area contributed by atoms with Gasteiger partial charge in [-0.3, -0.25) is 34.2 Å². The van der Waals surface area contributed by atoms with Gasteiger partial charge in [0.1, 0.15) is 12.6 Å². The minimum Gasteiger partial charge on any atom is -0.382 e. The Hall–Kier alpha value is -6.72. The number of imide groups is 2. The van der Waals surface area contributed by atoms with Crippen molar-refractivity contribution in [1.82, 2.24) is 34.9 Å². The number of ether oxygens (including phenoxy) is 2. The average Bonchev–Trinajstić information content (AvgIpc) is 3.67. The molecule has 3 aliphatic heterocycles. The lowest BCUT2D eigenvalue weighted by Gasteiger charge is -2.29. The molecule has 4 N–H and O–H groups in total. The van der Waals surface area contributed by atoms with Gasteiger partial charge in [-0.2, -0.15) is 10.1 Å². The summed E-state index contributed by atoms with van der Waals surface area (Å²) < 4.78 is 13.1. The lowest BCUT2D eigenvalue weighted by Crippen LogP contribution is -2.54. The van der Waals surface area contributed by atoms with E-state index < -0.39 is 29.7 Å². The van der Waals surface area contributed by atoms with Crippen molar-refractivity contribution in [1.29, 1.82) is 0 Å². The number of hydrogen-bond donors (Lipinski definition) is 4. The van der Waals surface area contributed by atoms with E-state index in [1.54, 1.807) is 34.0 Å². The maximum absolute atomic E-state index is 13.3. The summed E-state index contributed by atoms with van der Waals surface area (Å²) in [5.41, 5.74) is 7.78. The molecule has 1 saturated heterocycles. The number of fused-ring (bicyclic) bond motifs is 3. The van der Waals surface area contributed by atoms with Crippen molar-refractivity contribution < 1.29 is 33.4 Å². The van der Waals surface area contributed by atoms with E-state index in [4.69, 9.17) is 14.5 Å². The summed E-state index contributed by atoms with van der Waals surface area (Å²) in [5, 5.41) is 17.6. The Morgan fingerprint density at radius 1 is 0.915 bits per heavy atom. The summed E-state index contributed by atoms with van der Waals surface area (Å²) in [6.07, 6.45) is 2.63. The minimum atomic E-state index is -1.03. The highest BCUT2D eigenvalue weighted by Crippen LogP contribution is 2.33. The number of hydrogen-bond acceptors (Lipinski definition) is 13. The number of nitrogens with one attached hydrogen (secondary N) is 4. The fraction of sp³-hybridized carbons (Fsp3) is 0.333. The highest BCUT2D eigenvalue weighted by Gasteiger charge is 2.45. The van der Waals surface area contributed by atoms with Gasteiger partial charge in [-0.05, 0) is 73.2 Å². The number of aryl methyl sites for hydroxylation is 3. The average molecular weight is 801 g/mol. The quantitative estimate of drug-likeness (QED) is 0.0932. The summed E-state index contributed by atoms with van der Waals surface area (Å²) in [6.45, 7) is 6.13. The molecule has 3 aliphatic rings. The van der Waals surface area contributed by atoms with Crippen LogP contribution in [-0.2, 0) is 43.9 Å². The number of para-hydroxylation sites is 1. The molecule has 3 aromatic carbocycles. The van der Waals surface area contributed by atoms with Crippen molar-refractivity contribution in [2.24, 2.45) is 7.05 Å². The molecule has 59 heavy (non-hydrogen) atoms. The molecular formula is C42H44N10O7. The third-order valence-corrected chi connectivity index (χ3v) is 10.8. The van der Waals surface area contributed by atoms with Crippen LogP contribution in [0.4, 0.5) is 28.8 Å². The topological polar surface area (TPSA) is 202 Å². The first-order chi connectivity index (χ1) is 28.5. The lowest BCUT2D eigenvalue weighted by atomic mass is 9.99. The smallest absolute Gasteiger partial charge is 0.264 e. The van der Waals surface area contributed by atoms with E-state index in [9.17, 15) is 24.0 Å². The van der Waals surface area contributed by atoms with Gasteiger partial charge < -0.3 is 30.3 Å². The largest absolute Gasteiger partial charge is 0.382 e. The molecule has 5 aromatic rings. The van der Waals surface area contributed by atoms with Gasteiger partial charge in [-0.25, -0.2) is 9.67 Å². The SMILES string of the molecule is Cc1cccc(C)c1Nc1nn(C)c2nc(Nc3ccc4c(c3)CN(C(=O)COCCOCCNc3cccc5c3C(=O)N(C3CCC(=O)NC3=O)C5=O)CC4)ncc12. The maximum atomic E-state index is 13.3. The number of nitrogens with zero attached hydrogens (tertiary/aromatic N) is 6. The van der Waals surface area contributed by atoms with Crippen molar-refractivity contribution in [2.45, 2.75) is 45.7 Å². The van der Waals surface area contributed by atoms with Crippen molar-refractivity contribution in [2.75, 3.05) is 55.5 Å². The van der Waals surface area contributed by atoms with E-state index >= 15 is 0 Å². The second kappa shape index (κ2) is 16.6. The minimum absolute atomic E-state index is 0.0501. The number of amides is 5. The van der Waals surface area contributed by atoms with E-state index in [0.717, 1.165) is 44.8 Å². The van der Waals surface area contributed by atoms with Crippen LogP contribution >= 0.6 is 0 Å². The first-order valence-electron chi connectivity index (χ1n) is 19.5. The van der Waals surface area contributed by atoms with Crippen LogP contribution in [0.1, 0.15) is 55.8 Å². The summed E-state index contributed by atoms with van der Waals surface area (Å²) in [4.78, 5) is 75.5. The monoisotopic (exact) mass is 800 g/mol. The number of carbonyl (C=O) groups is 5. The maximum Gasteiger partial charge on any atom is 0.264 e. The molecule has 17 nitrogen and oxygen atoms in total. The molecule has 8 rings (SSSR count). The Labute approximate surface area is 339 Å². The van der Waals surface area contributed by atoms with Gasteiger partial charge in [-0.1, -0.05) is 30.3 Å². The molecule has 0 saturated carbocycles. The lowest BCUT2D eigenvalue weighted by molar-refractivity contribution is -0.138. The molecule has 5 amide bonds. The summed E-state index contributed by atoms with van der Waals surface area (Å²) in [5.74, 6) is -1.23. The van der Waals surface area contributed by atoms with Gasteiger partial charge in [0.25, 0.3) is 11.8 Å². The molecule has 5 heterocycles. The predicted octanol–water partition coefficient (Wildman–Crippen LogP) is 3.90. The van der Waals surface area contributed by atoms with Gasteiger partial charge in [0.2, 0.25) is 23.7 Å². The number of rotatable bonds is 14. The summed E-state index contributed by atoms with van der Waals surface area (Å²) >= 11 is 0. The van der Waals surface area contributed by atoms with Crippen LogP contribution < -0.4 is 21.3 Å². The Kier molecular flexibility index (Phi) is 11.0. The fourth-order valence-corrected chi connectivity index (χ4v) is 7.69. The number of aromatic nitrogens is 4. The van der Waals surface area contributed by atoms with Crippen LogP contribution in [0.15, 0.2) is 60.8 Å². The van der Waals surface area contributed by atoms with Gasteiger partial charge in [-0.15, -0.1) is 0 Å². The van der Waals surface area contributed by atoms with Crippen molar-refractivity contribution >= 4 is 69.4 Å². The Morgan fingerprint density at radius 3 is 2.53 bits per heavy atom. The number of piperidine rings is 1. The molecule has 2 aromatic heterocycles. The van der Waals surface area contributed by atoms with E-state index in [-0.39, 0.29) is 56.3 Å². The van der Waals surface area contributed by atoms with E-state index in [1.165, 1.54) is 5.56 Å². The second-order valence-electron chi connectivity index (χ2n) is 14.7. The number of carbonyl (C=O) groups excluding carboxylic acids is 5. The molecule has 17 heteroatoms. The zero-order chi connectivity index (χ0) is 41.2. The van der Waals surface area contributed by atoms with E-state index in [2.05, 4.69) is 63.4 Å². The molecular weight excluding hydrogens is 757 g/mol. The zero-order valence-electron chi connectivity index (χ0n) is 33.0. The normalized spacial score (nSPS) is 16.3. The highest BCUT2D eigenvalue weighted by molar-refractivity contribution is 6.25. The highest BCUT2D eigenvalue weighted by atomic mass is 16.5. The molecule has 1 fully saturated rings. The van der Waals surface area contributed by atoms with Crippen molar-refractivity contribution in [3.63, 3.8) is 0 Å². The predicted molar refractivity (Wildman–Crippen MR) is 218 cm³/mol. The van der Waals surface area contributed by atoms with Gasteiger partial charge in [0.05, 0.1) is 36.3 Å². The van der Waals surface area contributed by atoms with Crippen LogP contribution in [0.5, 0.6) is 0 Å². The molecule has 1 atom stereocenters. The third kappa shape index (κ3) is 8.06. The Morgan fingerprint density at radius 2 is 1.71 bits per heavy atom. The Balaban J connectivity index is 0.779. The first-order valence-corrected chi connectivity index (χ1v) is 19.5. The molecule has 0 radical (unpaired) electrons. The van der Waals surface area contributed by atoms with E-state index in [0.29, 0.717) is 42.7 Å². The standard InChI is InChI=1S/C42H44N10O7/c1-24-6-4-7-25(2)36(24)47-37-30-21-44-42(48-38(30)50(3)49-37)45-28-11-10-26-14-16-51(22-27(26)20-28)34(54)23-59-19-18-58-17-15-43-31-9-5-8-29-35(31)41(57)52(40(29)56)32-12-13-33(53)46-39(32)55/h4-11,20-21,32,43H,12-19,22-23H2,1-3H3,(H,47,49)(H,44,45,48)(H,46,53,55). The van der Waals surface area contributed by atoms with Crippen LogP contribution in [0.3, 0.4) is 0 Å². The number of benzene rings is 3. The van der Waals surface area contributed by atoms with Gasteiger partial charge in [0, 0.05) is 56.4 Å².